The molecular weight excluding hydrogens is 1650 g/mol. The van der Waals surface area contributed by atoms with Gasteiger partial charge in [-0.15, -0.1) is 17.5 Å². The highest BCUT2D eigenvalue weighted by Crippen LogP contribution is 2.35. The van der Waals surface area contributed by atoms with Crippen molar-refractivity contribution in [2.75, 3.05) is 86.4 Å². The molecule has 0 spiro atoms. The molecule has 0 radical (unpaired) electrons. The summed E-state index contributed by atoms with van der Waals surface area (Å²) in [5.74, 6) is -0.903. The standard InChI is InChI=1S/C43H59NO6S.C27H46O3.C16H15NO4S.C8H17N3.C6H5N3O.ClH.H2O/c1-4-5-6-7-8-9-10-11-12-13-14-15-16-17-18-19-32-50-37-26-20-34(21-27-37)22-31-41(45)44-36-25-30-40(39(33-36)43(47)49-3)51-38-28-23-35(24-29-38)42(46)48-2;1-2-3-4-5-6-7-8-9-10-11-12-13-14-15-16-17-24-30-26-21-18-25(19-22-26)20-23-27(28)29;1-20-15(18)10-3-6-12(7-4-10)22-14-8-5-11(17)9-13(14)16(19)21-2;1-4-9-8-10-6-5-7-11(2)3;10-9-6-4-2-1-3-5(6)7-8-9;;/h20-21,23-30,33H,4-19,22,31-32H2,1-3H3,(H,44,45);18-19,21-22H,2-17,20,23-24H2,1H3,(H,28,29);3-9H,17H2,1-2H3;4-7H2,1-3H3;1-4,10H;1H;1H2. The maximum Gasteiger partial charge on any atom is 0.339 e. The summed E-state index contributed by atoms with van der Waals surface area (Å²) >= 11 is 2.75. The van der Waals surface area contributed by atoms with Crippen LogP contribution in [0.15, 0.2) is 187 Å². The predicted molar refractivity (Wildman–Crippen MR) is 514 cm³/mol. The van der Waals surface area contributed by atoms with E-state index in [4.69, 9.17) is 39.7 Å². The van der Waals surface area contributed by atoms with Gasteiger partial charge in [-0.05, 0) is 197 Å². The molecule has 23 nitrogen and oxygen atoms in total. The second-order valence-electron chi connectivity index (χ2n) is 30.8. The Kier molecular flexibility index (Phi) is 64.4. The van der Waals surface area contributed by atoms with E-state index in [2.05, 4.69) is 69.2 Å². The fourth-order valence-electron chi connectivity index (χ4n) is 13.1. The van der Waals surface area contributed by atoms with Crippen LogP contribution >= 0.6 is 35.9 Å². The number of nitrogens with zero attached hydrogens (tertiary/aromatic N) is 6. The number of aromatic nitrogens is 3. The molecule has 0 aliphatic carbocycles. The molecule has 7 N–H and O–H groups in total. The number of methoxy groups -OCH3 is 4. The fourth-order valence-corrected chi connectivity index (χ4v) is 14.9. The lowest BCUT2D eigenvalue weighted by Crippen LogP contribution is -2.13. The van der Waals surface area contributed by atoms with Gasteiger partial charge in [-0.3, -0.25) is 9.59 Å². The molecule has 8 aromatic rings. The molecule has 0 saturated heterocycles. The Balaban J connectivity index is 0.000000602. The number of amides is 1. The smallest absolute Gasteiger partial charge is 0.339 e. The quantitative estimate of drug-likeness (QED) is 0.00687. The van der Waals surface area contributed by atoms with Crippen molar-refractivity contribution in [3.63, 3.8) is 0 Å². The Morgan fingerprint density at radius 2 is 0.857 bits per heavy atom. The van der Waals surface area contributed by atoms with Crippen LogP contribution in [0, 0.1) is 0 Å². The van der Waals surface area contributed by atoms with E-state index in [0.717, 1.165) is 94.3 Å². The topological polar surface area (TPSA) is 326 Å². The summed E-state index contributed by atoms with van der Waals surface area (Å²) in [6.45, 7) is 10.7. The summed E-state index contributed by atoms with van der Waals surface area (Å²) in [7, 11) is 9.44. The van der Waals surface area contributed by atoms with Crippen molar-refractivity contribution in [2.45, 2.75) is 278 Å². The van der Waals surface area contributed by atoms with Crippen LogP contribution in [0.5, 0.6) is 11.5 Å². The minimum Gasteiger partial charge on any atom is -0.494 e. The third-order valence-corrected chi connectivity index (χ3v) is 22.4. The summed E-state index contributed by atoms with van der Waals surface area (Å²) in [6, 6.07) is 49.7. The number of benzene rings is 7. The number of nitrogens with one attached hydrogen (secondary N) is 1. The lowest BCUT2D eigenvalue weighted by atomic mass is 10.0. The molecule has 26 heteroatoms. The maximum absolute atomic E-state index is 12.8. The van der Waals surface area contributed by atoms with Gasteiger partial charge in [0.15, 0.2) is 0 Å². The first kappa shape index (κ1) is 112. The zero-order valence-corrected chi connectivity index (χ0v) is 78.9. The van der Waals surface area contributed by atoms with E-state index in [-0.39, 0.29) is 36.2 Å². The zero-order chi connectivity index (χ0) is 89.8. The zero-order valence-electron chi connectivity index (χ0n) is 76.5. The average molecular weight is 1800 g/mol. The van der Waals surface area contributed by atoms with Gasteiger partial charge in [-0.2, -0.15) is 0 Å². The summed E-state index contributed by atoms with van der Waals surface area (Å²) < 4.78 is 30.9. The van der Waals surface area contributed by atoms with Crippen molar-refractivity contribution in [3.8, 4) is 11.5 Å². The number of carbonyl (C=O) groups is 6. The minimum absolute atomic E-state index is 0. The Hall–Kier alpha value is -9.75. The summed E-state index contributed by atoms with van der Waals surface area (Å²) in [4.78, 5) is 84.7. The van der Waals surface area contributed by atoms with E-state index >= 15 is 0 Å². The number of para-hydroxylation sites is 1. The minimum atomic E-state index is -0.751. The van der Waals surface area contributed by atoms with E-state index in [9.17, 15) is 28.8 Å². The number of aliphatic imine (C=N–C) groups is 2. The van der Waals surface area contributed by atoms with Gasteiger partial charge >= 0.3 is 29.8 Å². The molecule has 126 heavy (non-hydrogen) atoms. The Labute approximate surface area is 765 Å². The molecule has 1 heterocycles. The Bertz CT molecular complexity index is 4300. The molecule has 1 amide bonds. The number of anilines is 2. The highest BCUT2D eigenvalue weighted by molar-refractivity contribution is 7.99. The first-order chi connectivity index (χ1) is 60.3. The second-order valence-corrected chi connectivity index (χ2v) is 33.0. The van der Waals surface area contributed by atoms with Crippen LogP contribution in [0.25, 0.3) is 11.0 Å². The molecule has 0 saturated carbocycles. The average Bonchev–Trinajstić information content (AvgIpc) is 1.14. The van der Waals surface area contributed by atoms with Crippen molar-refractivity contribution in [2.24, 2.45) is 9.98 Å². The number of ether oxygens (including phenoxy) is 6. The molecule has 0 atom stereocenters. The van der Waals surface area contributed by atoms with Crippen LogP contribution in [0.1, 0.15) is 298 Å². The number of halogens is 1. The maximum atomic E-state index is 12.8. The fraction of sp³-hybridized carbons (Fsp3) is 0.510. The third-order valence-electron chi connectivity index (χ3n) is 20.2. The number of nitrogen functional groups attached to an aromatic ring is 1. The van der Waals surface area contributed by atoms with Crippen molar-refractivity contribution in [1.29, 1.82) is 0 Å². The van der Waals surface area contributed by atoms with Gasteiger partial charge in [-0.25, -0.2) is 29.2 Å². The van der Waals surface area contributed by atoms with Gasteiger partial charge < -0.3 is 60.2 Å². The van der Waals surface area contributed by atoms with Crippen molar-refractivity contribution >= 4 is 100 Å². The number of unbranched alkanes of at least 4 members (excludes halogenated alkanes) is 30. The van der Waals surface area contributed by atoms with E-state index in [1.807, 2.05) is 67.6 Å². The molecule has 1 aromatic heterocycles. The number of esters is 4. The van der Waals surface area contributed by atoms with Crippen LogP contribution in [0.3, 0.4) is 0 Å². The number of rotatable bonds is 56. The summed E-state index contributed by atoms with van der Waals surface area (Å²) in [5.41, 5.74) is 11.8. The van der Waals surface area contributed by atoms with Gasteiger partial charge in [0.2, 0.25) is 5.91 Å². The lowest BCUT2D eigenvalue weighted by molar-refractivity contribution is -0.137. The van der Waals surface area contributed by atoms with Gasteiger partial charge in [0.1, 0.15) is 22.5 Å². The largest absolute Gasteiger partial charge is 0.494 e. The third kappa shape index (κ3) is 51.8. The molecule has 7 aromatic carbocycles. The molecule has 0 aliphatic heterocycles. The van der Waals surface area contributed by atoms with Crippen molar-refractivity contribution < 1.29 is 73.0 Å². The van der Waals surface area contributed by atoms with E-state index in [1.165, 1.54) is 245 Å². The van der Waals surface area contributed by atoms with Crippen molar-refractivity contribution in [3.05, 3.63) is 191 Å². The van der Waals surface area contributed by atoms with E-state index < -0.39 is 23.9 Å². The first-order valence-corrected chi connectivity index (χ1v) is 46.6. The summed E-state index contributed by atoms with van der Waals surface area (Å²) in [5, 5.41) is 27.7. The van der Waals surface area contributed by atoms with Gasteiger partial charge in [0.25, 0.3) is 0 Å². The first-order valence-electron chi connectivity index (χ1n) is 45.0. The molecule has 694 valence electrons. The molecule has 0 aliphatic rings. The molecular formula is C100H145ClN8O15S2. The van der Waals surface area contributed by atoms with Gasteiger partial charge in [0.05, 0.1) is 76.5 Å². The molecule has 0 bridgehead atoms. The number of fused-ring (bicyclic) bond motifs is 1. The van der Waals surface area contributed by atoms with Gasteiger partial charge in [-0.1, -0.05) is 271 Å². The van der Waals surface area contributed by atoms with Crippen LogP contribution in [-0.2, 0) is 41.4 Å². The van der Waals surface area contributed by atoms with Crippen LogP contribution < -0.4 is 20.5 Å². The number of nitrogens with two attached hydrogens (primary N) is 1. The lowest BCUT2D eigenvalue weighted by Gasteiger charge is -2.12. The van der Waals surface area contributed by atoms with Crippen LogP contribution in [0.4, 0.5) is 11.4 Å². The number of carbonyl (C=O) groups excluding carboxylic acids is 5. The molecule has 0 fully saturated rings. The highest BCUT2D eigenvalue weighted by atomic mass is 35.5. The van der Waals surface area contributed by atoms with E-state index in [0.29, 0.717) is 68.8 Å². The van der Waals surface area contributed by atoms with E-state index in [1.54, 1.807) is 97.1 Å². The second kappa shape index (κ2) is 72.3. The molecule has 8 rings (SSSR count). The Morgan fingerprint density at radius 3 is 1.25 bits per heavy atom. The van der Waals surface area contributed by atoms with Crippen LogP contribution in [0.2, 0.25) is 0 Å². The number of aliphatic carboxylic acids is 1. The Morgan fingerprint density at radius 1 is 0.468 bits per heavy atom. The number of hydrogen-bond acceptors (Lipinski definition) is 21. The predicted octanol–water partition coefficient (Wildman–Crippen LogP) is 24.4. The number of aryl methyl sites for hydroxylation is 2. The van der Waals surface area contributed by atoms with Gasteiger partial charge in [0, 0.05) is 50.3 Å². The highest BCUT2D eigenvalue weighted by Gasteiger charge is 2.18. The number of carboxylic acids is 1. The van der Waals surface area contributed by atoms with Crippen molar-refractivity contribution in [1.82, 2.24) is 20.1 Å². The molecule has 0 unspecified atom stereocenters. The van der Waals surface area contributed by atoms with Crippen LogP contribution in [-0.4, -0.2) is 153 Å². The monoisotopic (exact) mass is 1800 g/mol. The normalized spacial score (nSPS) is 10.4. The summed E-state index contributed by atoms with van der Waals surface area (Å²) in [6.07, 6.45) is 46.5. The number of hydrogen-bond donors (Lipinski definition) is 4. The number of carboxylic acid groups (broad SMARTS) is 1. The SMILES string of the molecule is CCCCCCCCCCCCCCCCCCOc1ccc(CCC(=O)Nc2ccc(Sc3ccc(C(=O)OC)cc3)c(C(=O)OC)c2)cc1.CCCCCCCCCCCCCCCCCCOc1ccc(CCC(=O)O)cc1.CCN=C=NCCCN(C)C.COC(=O)c1ccc(Sc2ccc(N)cc2C(=O)OC)cc1.Cl.O.On1nnc2ccccc21.